The molecular formula is C25H64. The summed E-state index contributed by atoms with van der Waals surface area (Å²) in [5.74, 6) is 2.83. The maximum Gasteiger partial charge on any atom is -0.0386 e. The van der Waals surface area contributed by atoms with E-state index in [1.165, 1.54) is 32.1 Å². The van der Waals surface area contributed by atoms with E-state index in [1.807, 2.05) is 69.2 Å². The van der Waals surface area contributed by atoms with Crippen molar-refractivity contribution in [1.29, 1.82) is 0 Å². The second kappa shape index (κ2) is 64.8. The summed E-state index contributed by atoms with van der Waals surface area (Å²) in [6, 6.07) is 0. The van der Waals surface area contributed by atoms with Gasteiger partial charge >= 0.3 is 0 Å². The molecule has 0 aromatic carbocycles. The van der Waals surface area contributed by atoms with Gasteiger partial charge in [-0.15, -0.1) is 0 Å². The van der Waals surface area contributed by atoms with Crippen molar-refractivity contribution in [3.8, 4) is 0 Å². The van der Waals surface area contributed by atoms with Crippen LogP contribution in [0.15, 0.2) is 0 Å². The third-order valence-electron chi connectivity index (χ3n) is 3.58. The Labute approximate surface area is 168 Å². The molecule has 0 aromatic rings. The lowest BCUT2D eigenvalue weighted by atomic mass is 9.78. The summed E-state index contributed by atoms with van der Waals surface area (Å²) in [5.41, 5.74) is 0. The van der Waals surface area contributed by atoms with Gasteiger partial charge in [0.05, 0.1) is 0 Å². The van der Waals surface area contributed by atoms with Crippen LogP contribution in [0.25, 0.3) is 0 Å². The van der Waals surface area contributed by atoms with Crippen molar-refractivity contribution < 1.29 is 0 Å². The first kappa shape index (κ1) is 44.4. The molecular weight excluding hydrogens is 300 g/mol. The maximum atomic E-state index is 2.44. The molecule has 0 aliphatic rings. The lowest BCUT2D eigenvalue weighted by Crippen LogP contribution is -2.19. The third kappa shape index (κ3) is 45.4. The monoisotopic (exact) mass is 365 g/mol. The van der Waals surface area contributed by atoms with Crippen molar-refractivity contribution in [3.63, 3.8) is 0 Å². The highest BCUT2D eigenvalue weighted by atomic mass is 14.3. The average molecular weight is 365 g/mol. The molecule has 0 atom stereocenters. The minimum atomic E-state index is 0.926. The van der Waals surface area contributed by atoms with E-state index >= 15 is 0 Å². The molecule has 0 N–H and O–H groups in total. The van der Waals surface area contributed by atoms with Crippen LogP contribution in [0.2, 0.25) is 0 Å². The second-order valence-electron chi connectivity index (χ2n) is 4.72. The SMILES string of the molecule is CC.CC.CC.CC.CC.CCC.CCC(CC)C(C)C(CC)CC. The minimum absolute atomic E-state index is 0.926. The Kier molecular flexibility index (Phi) is 115. The Hall–Kier alpha value is 0. The summed E-state index contributed by atoms with van der Waals surface area (Å²) in [4.78, 5) is 0. The van der Waals surface area contributed by atoms with Gasteiger partial charge in [0.25, 0.3) is 0 Å². The molecule has 0 bridgehead atoms. The first-order chi connectivity index (χ1) is 12.1. The highest BCUT2D eigenvalue weighted by Gasteiger charge is 2.20. The van der Waals surface area contributed by atoms with Crippen LogP contribution in [0.4, 0.5) is 0 Å². The molecule has 0 heteroatoms. The fourth-order valence-corrected chi connectivity index (χ4v) is 2.45. The van der Waals surface area contributed by atoms with E-state index in [4.69, 9.17) is 0 Å². The summed E-state index contributed by atoms with van der Waals surface area (Å²) in [6.07, 6.45) is 6.67. The predicted molar refractivity (Wildman–Crippen MR) is 130 cm³/mol. The van der Waals surface area contributed by atoms with Gasteiger partial charge in [-0.2, -0.15) is 0 Å². The molecule has 0 amide bonds. The molecule has 0 aliphatic heterocycles. The summed E-state index contributed by atoms with van der Waals surface area (Å²) in [7, 11) is 0. The predicted octanol–water partition coefficient (Wildman–Crippen LogP) is 11.0. The molecule has 0 fully saturated rings. The Morgan fingerprint density at radius 3 is 0.600 bits per heavy atom. The van der Waals surface area contributed by atoms with Gasteiger partial charge in [-0.05, 0) is 17.8 Å². The van der Waals surface area contributed by atoms with Gasteiger partial charge in [0, 0.05) is 0 Å². The number of rotatable bonds is 6. The van der Waals surface area contributed by atoms with Gasteiger partial charge in [-0.3, -0.25) is 0 Å². The molecule has 0 heterocycles. The van der Waals surface area contributed by atoms with Gasteiger partial charge < -0.3 is 0 Å². The molecule has 164 valence electrons. The zero-order valence-electron chi connectivity index (χ0n) is 22.3. The number of hydrogen-bond acceptors (Lipinski definition) is 0. The largest absolute Gasteiger partial charge is 0.0683 e. The van der Waals surface area contributed by atoms with Crippen LogP contribution in [-0.4, -0.2) is 0 Å². The van der Waals surface area contributed by atoms with Crippen molar-refractivity contribution in [3.05, 3.63) is 0 Å². The first-order valence-corrected chi connectivity index (χ1v) is 12.1. The van der Waals surface area contributed by atoms with E-state index in [1.54, 1.807) is 0 Å². The van der Waals surface area contributed by atoms with Gasteiger partial charge in [-0.1, -0.05) is 150 Å². The first-order valence-electron chi connectivity index (χ1n) is 12.1. The topological polar surface area (TPSA) is 0 Å². The molecule has 0 unspecified atom stereocenters. The van der Waals surface area contributed by atoms with E-state index in [2.05, 4.69) is 48.5 Å². The van der Waals surface area contributed by atoms with Crippen LogP contribution >= 0.6 is 0 Å². The van der Waals surface area contributed by atoms with Crippen LogP contribution in [-0.2, 0) is 0 Å². The lowest BCUT2D eigenvalue weighted by molar-refractivity contribution is 0.222. The van der Waals surface area contributed by atoms with Crippen LogP contribution < -0.4 is 0 Å². The fourth-order valence-electron chi connectivity index (χ4n) is 2.45. The lowest BCUT2D eigenvalue weighted by Gasteiger charge is -2.28. The van der Waals surface area contributed by atoms with Crippen molar-refractivity contribution in [2.75, 3.05) is 0 Å². The smallest absolute Gasteiger partial charge is 0.0386 e. The summed E-state index contributed by atoms with van der Waals surface area (Å²) < 4.78 is 0. The molecule has 0 nitrogen and oxygen atoms in total. The average Bonchev–Trinajstić information content (AvgIpc) is 2.72. The van der Waals surface area contributed by atoms with Crippen LogP contribution in [0, 0.1) is 17.8 Å². The summed E-state index contributed by atoms with van der Waals surface area (Å²) in [6.45, 7) is 36.0. The summed E-state index contributed by atoms with van der Waals surface area (Å²) in [5, 5.41) is 0. The molecule has 0 aliphatic carbocycles. The Bertz CT molecular complexity index is 86.6. The standard InChI is InChI=1S/C12H26.C3H8.5C2H6/c1-6-11(7-2)10(5)12(8-3)9-4;1-3-2;5*1-2/h10-12H,6-9H2,1-5H3;3H2,1-2H3;5*1-2H3. The van der Waals surface area contributed by atoms with E-state index in [-0.39, 0.29) is 0 Å². The molecule has 0 saturated carbocycles. The van der Waals surface area contributed by atoms with Crippen LogP contribution in [0.3, 0.4) is 0 Å². The zero-order chi connectivity index (χ0) is 22.3. The Balaban J connectivity index is -0.0000000416. The Morgan fingerprint density at radius 1 is 0.400 bits per heavy atom. The highest BCUT2D eigenvalue weighted by molar-refractivity contribution is 4.70. The molecule has 0 rings (SSSR count). The molecule has 0 radical (unpaired) electrons. The Morgan fingerprint density at radius 2 is 0.520 bits per heavy atom. The molecule has 25 heavy (non-hydrogen) atoms. The highest BCUT2D eigenvalue weighted by Crippen LogP contribution is 2.30. The molecule has 0 aromatic heterocycles. The zero-order valence-corrected chi connectivity index (χ0v) is 22.3. The van der Waals surface area contributed by atoms with Gasteiger partial charge in [0.1, 0.15) is 0 Å². The van der Waals surface area contributed by atoms with Crippen molar-refractivity contribution >= 4 is 0 Å². The van der Waals surface area contributed by atoms with Crippen LogP contribution in [0.1, 0.15) is 150 Å². The van der Waals surface area contributed by atoms with Gasteiger partial charge in [0.15, 0.2) is 0 Å². The summed E-state index contributed by atoms with van der Waals surface area (Å²) >= 11 is 0. The van der Waals surface area contributed by atoms with Crippen molar-refractivity contribution in [2.45, 2.75) is 150 Å². The maximum absolute atomic E-state index is 2.44. The van der Waals surface area contributed by atoms with Gasteiger partial charge in [0.2, 0.25) is 0 Å². The van der Waals surface area contributed by atoms with E-state index in [9.17, 15) is 0 Å². The van der Waals surface area contributed by atoms with Crippen LogP contribution in [0.5, 0.6) is 0 Å². The normalized spacial score (nSPS) is 7.68. The molecule has 0 saturated heterocycles. The fraction of sp³-hybridized carbons (Fsp3) is 1.00. The third-order valence-corrected chi connectivity index (χ3v) is 3.58. The van der Waals surface area contributed by atoms with E-state index in [0.29, 0.717) is 0 Å². The van der Waals surface area contributed by atoms with Gasteiger partial charge in [-0.25, -0.2) is 0 Å². The van der Waals surface area contributed by atoms with E-state index in [0.717, 1.165) is 17.8 Å². The van der Waals surface area contributed by atoms with Crippen molar-refractivity contribution in [1.82, 2.24) is 0 Å². The number of hydrogen-bond donors (Lipinski definition) is 0. The quantitative estimate of drug-likeness (QED) is 0.439. The van der Waals surface area contributed by atoms with Crippen molar-refractivity contribution in [2.24, 2.45) is 17.8 Å². The minimum Gasteiger partial charge on any atom is -0.0683 e. The van der Waals surface area contributed by atoms with E-state index < -0.39 is 0 Å². The second-order valence-corrected chi connectivity index (χ2v) is 4.72. The molecule has 0 spiro atoms.